The lowest BCUT2D eigenvalue weighted by Crippen LogP contribution is -2.27. The van der Waals surface area contributed by atoms with E-state index in [4.69, 9.17) is 12.2 Å². The predicted octanol–water partition coefficient (Wildman–Crippen LogP) is 3.71. The highest BCUT2D eigenvalue weighted by Gasteiger charge is 2.30. The number of nitrogens with zero attached hydrogens (tertiary/aromatic N) is 3. The third-order valence-electron chi connectivity index (χ3n) is 3.87. The Bertz CT molecular complexity index is 809. The lowest BCUT2D eigenvalue weighted by molar-refractivity contribution is -0.121. The van der Waals surface area contributed by atoms with Crippen molar-refractivity contribution in [1.29, 1.82) is 0 Å². The molecule has 0 aliphatic carbocycles. The zero-order chi connectivity index (χ0) is 16.6. The number of aromatic nitrogens is 2. The normalized spacial score (nSPS) is 16.7. The summed E-state index contributed by atoms with van der Waals surface area (Å²) >= 11 is 6.64. The number of pyridine rings is 1. The second-order valence-corrected chi connectivity index (χ2v) is 6.97. The number of amides is 1. The maximum Gasteiger partial charge on any atom is 0.266 e. The molecule has 0 radical (unpaired) electrons. The fourth-order valence-corrected chi connectivity index (χ4v) is 4.11. The molecule has 0 saturated carbocycles. The summed E-state index contributed by atoms with van der Waals surface area (Å²) in [6.07, 6.45) is 5.50. The SMILES string of the molecule is CCN1C(=O)C(=Cc2cc(C)n(-c3ccncc3)c2C)SC1=S. The van der Waals surface area contributed by atoms with Crippen molar-refractivity contribution in [2.24, 2.45) is 0 Å². The second-order valence-electron chi connectivity index (χ2n) is 5.29. The van der Waals surface area contributed by atoms with Gasteiger partial charge in [0.05, 0.1) is 4.91 Å². The highest BCUT2D eigenvalue weighted by atomic mass is 32.2. The first kappa shape index (κ1) is 16.0. The van der Waals surface area contributed by atoms with Crippen LogP contribution in [0.2, 0.25) is 0 Å². The van der Waals surface area contributed by atoms with Crippen LogP contribution in [0, 0.1) is 13.8 Å². The highest BCUT2D eigenvalue weighted by molar-refractivity contribution is 8.26. The molecule has 1 saturated heterocycles. The molecule has 2 aromatic heterocycles. The van der Waals surface area contributed by atoms with E-state index >= 15 is 0 Å². The average molecular weight is 343 g/mol. The van der Waals surface area contributed by atoms with Crippen LogP contribution in [-0.4, -0.2) is 31.2 Å². The molecule has 0 aromatic carbocycles. The summed E-state index contributed by atoms with van der Waals surface area (Å²) < 4.78 is 2.79. The number of aryl methyl sites for hydroxylation is 1. The standard InChI is InChI=1S/C17H17N3OS2/c1-4-19-16(21)15(23-17(19)22)10-13-9-11(2)20(12(13)3)14-5-7-18-8-6-14/h5-10H,4H2,1-3H3. The van der Waals surface area contributed by atoms with Crippen LogP contribution < -0.4 is 0 Å². The van der Waals surface area contributed by atoms with Crippen molar-refractivity contribution in [2.45, 2.75) is 20.8 Å². The number of hydrogen-bond donors (Lipinski definition) is 0. The number of hydrogen-bond acceptors (Lipinski definition) is 4. The van der Waals surface area contributed by atoms with Gasteiger partial charge in [0.1, 0.15) is 4.32 Å². The van der Waals surface area contributed by atoms with Gasteiger partial charge in [-0.05, 0) is 50.6 Å². The van der Waals surface area contributed by atoms with Gasteiger partial charge in [-0.15, -0.1) is 0 Å². The van der Waals surface area contributed by atoms with Crippen LogP contribution in [0.15, 0.2) is 35.5 Å². The Morgan fingerprint density at radius 3 is 2.61 bits per heavy atom. The Morgan fingerprint density at radius 1 is 1.30 bits per heavy atom. The van der Waals surface area contributed by atoms with E-state index in [-0.39, 0.29) is 5.91 Å². The average Bonchev–Trinajstić information content (AvgIpc) is 2.96. The maximum atomic E-state index is 12.4. The Labute approximate surface area is 145 Å². The zero-order valence-corrected chi connectivity index (χ0v) is 14.9. The minimum absolute atomic E-state index is 0.00351. The van der Waals surface area contributed by atoms with Gasteiger partial charge in [0.2, 0.25) is 0 Å². The minimum Gasteiger partial charge on any atom is -0.318 e. The quantitative estimate of drug-likeness (QED) is 0.629. The minimum atomic E-state index is -0.00351. The van der Waals surface area contributed by atoms with Crippen molar-refractivity contribution in [1.82, 2.24) is 14.5 Å². The maximum absolute atomic E-state index is 12.4. The number of rotatable bonds is 3. The first-order chi connectivity index (χ1) is 11.0. The molecule has 118 valence electrons. The first-order valence-electron chi connectivity index (χ1n) is 7.37. The third-order valence-corrected chi connectivity index (χ3v) is 5.25. The summed E-state index contributed by atoms with van der Waals surface area (Å²) in [5.74, 6) is -0.00351. The summed E-state index contributed by atoms with van der Waals surface area (Å²) in [7, 11) is 0. The molecule has 0 atom stereocenters. The molecular weight excluding hydrogens is 326 g/mol. The molecule has 1 fully saturated rings. The van der Waals surface area contributed by atoms with Crippen LogP contribution in [0.25, 0.3) is 11.8 Å². The summed E-state index contributed by atoms with van der Waals surface area (Å²) in [4.78, 5) is 18.7. The van der Waals surface area contributed by atoms with Crippen LogP contribution in [0.1, 0.15) is 23.9 Å². The van der Waals surface area contributed by atoms with Gasteiger partial charge in [-0.2, -0.15) is 0 Å². The number of carbonyl (C=O) groups excluding carboxylic acids is 1. The van der Waals surface area contributed by atoms with E-state index < -0.39 is 0 Å². The molecule has 0 bridgehead atoms. The Kier molecular flexibility index (Phi) is 4.37. The Hall–Kier alpha value is -1.92. The molecule has 6 heteroatoms. The molecule has 1 amide bonds. The van der Waals surface area contributed by atoms with Gasteiger partial charge in [0.25, 0.3) is 5.91 Å². The van der Waals surface area contributed by atoms with Gasteiger partial charge in [-0.25, -0.2) is 0 Å². The van der Waals surface area contributed by atoms with E-state index in [1.165, 1.54) is 11.8 Å². The van der Waals surface area contributed by atoms with E-state index in [9.17, 15) is 4.79 Å². The molecule has 1 aliphatic rings. The van der Waals surface area contributed by atoms with Crippen LogP contribution >= 0.6 is 24.0 Å². The van der Waals surface area contributed by atoms with E-state index in [0.717, 1.165) is 22.6 Å². The third kappa shape index (κ3) is 2.84. The van der Waals surface area contributed by atoms with Gasteiger partial charge < -0.3 is 4.57 Å². The molecule has 0 spiro atoms. The van der Waals surface area contributed by atoms with Crippen LogP contribution in [0.4, 0.5) is 0 Å². The Morgan fingerprint density at radius 2 is 2.00 bits per heavy atom. The monoisotopic (exact) mass is 343 g/mol. The zero-order valence-electron chi connectivity index (χ0n) is 13.2. The number of carbonyl (C=O) groups is 1. The van der Waals surface area contributed by atoms with Crippen molar-refractivity contribution in [3.63, 3.8) is 0 Å². The topological polar surface area (TPSA) is 38.1 Å². The molecule has 0 unspecified atom stereocenters. The van der Waals surface area contributed by atoms with Gasteiger partial charge in [-0.3, -0.25) is 14.7 Å². The van der Waals surface area contributed by atoms with Crippen LogP contribution in [-0.2, 0) is 4.79 Å². The number of thiocarbonyl (C=S) groups is 1. The van der Waals surface area contributed by atoms with Crippen LogP contribution in [0.3, 0.4) is 0 Å². The highest BCUT2D eigenvalue weighted by Crippen LogP contribution is 2.33. The summed E-state index contributed by atoms with van der Waals surface area (Å²) in [6.45, 7) is 6.66. The molecule has 23 heavy (non-hydrogen) atoms. The van der Waals surface area contributed by atoms with Gasteiger partial charge in [0.15, 0.2) is 0 Å². The van der Waals surface area contributed by atoms with E-state index in [0.29, 0.717) is 15.8 Å². The van der Waals surface area contributed by atoms with Gasteiger partial charge in [-0.1, -0.05) is 24.0 Å². The van der Waals surface area contributed by atoms with Crippen molar-refractivity contribution >= 4 is 40.3 Å². The second kappa shape index (κ2) is 6.29. The van der Waals surface area contributed by atoms with Gasteiger partial charge in [0, 0.05) is 36.0 Å². The van der Waals surface area contributed by atoms with E-state index in [2.05, 4.69) is 29.5 Å². The lowest BCUT2D eigenvalue weighted by atomic mass is 10.2. The molecule has 1 aliphatic heterocycles. The summed E-state index contributed by atoms with van der Waals surface area (Å²) in [5, 5.41) is 0. The fourth-order valence-electron chi connectivity index (χ4n) is 2.74. The summed E-state index contributed by atoms with van der Waals surface area (Å²) in [5.41, 5.74) is 4.31. The predicted molar refractivity (Wildman–Crippen MR) is 98.6 cm³/mol. The first-order valence-corrected chi connectivity index (χ1v) is 8.60. The summed E-state index contributed by atoms with van der Waals surface area (Å²) in [6, 6.07) is 6.04. The molecule has 4 nitrogen and oxygen atoms in total. The fraction of sp³-hybridized carbons (Fsp3) is 0.235. The van der Waals surface area contributed by atoms with Crippen molar-refractivity contribution in [3.05, 3.63) is 52.4 Å². The molecule has 0 N–H and O–H groups in total. The smallest absolute Gasteiger partial charge is 0.266 e. The number of thioether (sulfide) groups is 1. The molecular formula is C17H17N3OS2. The van der Waals surface area contributed by atoms with Crippen LogP contribution in [0.5, 0.6) is 0 Å². The molecule has 2 aromatic rings. The lowest BCUT2D eigenvalue weighted by Gasteiger charge is -2.09. The van der Waals surface area contributed by atoms with Crippen molar-refractivity contribution < 1.29 is 4.79 Å². The molecule has 3 heterocycles. The Balaban J connectivity index is 2.02. The van der Waals surface area contributed by atoms with Crippen molar-refractivity contribution in [2.75, 3.05) is 6.54 Å². The number of likely N-dealkylation sites (N-methyl/N-ethyl adjacent to an activating group) is 1. The largest absolute Gasteiger partial charge is 0.318 e. The van der Waals surface area contributed by atoms with Crippen molar-refractivity contribution in [3.8, 4) is 5.69 Å². The van der Waals surface area contributed by atoms with E-state index in [1.54, 1.807) is 17.3 Å². The van der Waals surface area contributed by atoms with E-state index in [1.807, 2.05) is 25.1 Å². The van der Waals surface area contributed by atoms with Gasteiger partial charge >= 0.3 is 0 Å². The molecule has 3 rings (SSSR count).